The molecule has 2 aromatic heterocycles. The lowest BCUT2D eigenvalue weighted by Gasteiger charge is -2.29. The summed E-state index contributed by atoms with van der Waals surface area (Å²) in [6.45, 7) is 2.15. The zero-order chi connectivity index (χ0) is 28.3. The number of fused-ring (bicyclic) bond motifs is 1. The Morgan fingerprint density at radius 1 is 1.02 bits per heavy atom. The van der Waals surface area contributed by atoms with Crippen molar-refractivity contribution in [2.45, 2.75) is 76.9 Å². The molecule has 1 fully saturated rings. The van der Waals surface area contributed by atoms with E-state index in [9.17, 15) is 9.59 Å². The van der Waals surface area contributed by atoms with Gasteiger partial charge in [0, 0.05) is 30.7 Å². The van der Waals surface area contributed by atoms with Crippen LogP contribution in [0.1, 0.15) is 80.3 Å². The van der Waals surface area contributed by atoms with E-state index < -0.39 is 0 Å². The minimum absolute atomic E-state index is 0.0150. The summed E-state index contributed by atoms with van der Waals surface area (Å²) >= 11 is 0. The van der Waals surface area contributed by atoms with Gasteiger partial charge < -0.3 is 4.74 Å². The number of rotatable bonds is 9. The molecule has 1 aliphatic carbocycles. The van der Waals surface area contributed by atoms with E-state index in [-0.39, 0.29) is 30.0 Å². The largest absolute Gasteiger partial charge is 0.381 e. The number of benzene rings is 2. The molecule has 212 valence electrons. The van der Waals surface area contributed by atoms with Crippen LogP contribution in [-0.4, -0.2) is 44.0 Å². The molecule has 6 rings (SSSR count). The molecule has 1 N–H and O–H groups in total. The van der Waals surface area contributed by atoms with Gasteiger partial charge in [-0.2, -0.15) is 15.2 Å². The van der Waals surface area contributed by atoms with Gasteiger partial charge in [-0.25, -0.2) is 9.94 Å². The predicted octanol–water partition coefficient (Wildman–Crippen LogP) is 4.85. The molecule has 0 saturated heterocycles. The summed E-state index contributed by atoms with van der Waals surface area (Å²) in [6, 6.07) is 16.4. The minimum atomic E-state index is -0.117. The summed E-state index contributed by atoms with van der Waals surface area (Å²) < 4.78 is 9.36. The maximum absolute atomic E-state index is 14.4. The highest BCUT2D eigenvalue weighted by Crippen LogP contribution is 2.31. The van der Waals surface area contributed by atoms with Crippen LogP contribution in [0.15, 0.2) is 64.8 Å². The average Bonchev–Trinajstić information content (AvgIpc) is 3.67. The number of hydrogen-bond donors (Lipinski definition) is 1. The highest BCUT2D eigenvalue weighted by atomic mass is 16.5. The molecule has 1 amide bonds. The Bertz CT molecular complexity index is 1650. The molecule has 0 atom stereocenters. The van der Waals surface area contributed by atoms with E-state index in [0.717, 1.165) is 78.5 Å². The molecule has 4 aromatic rings. The van der Waals surface area contributed by atoms with Crippen LogP contribution >= 0.6 is 0 Å². The molecular formula is C32H36N6O3. The number of carbonyl (C=O) groups excluding carboxylic acids is 1. The molecule has 0 spiro atoms. The number of aromatic nitrogens is 4. The molecule has 0 unspecified atom stereocenters. The number of amides is 1. The van der Waals surface area contributed by atoms with Crippen molar-refractivity contribution in [1.82, 2.24) is 24.6 Å². The fourth-order valence-electron chi connectivity index (χ4n) is 6.25. The Hall–Kier alpha value is -4.11. The first-order chi connectivity index (χ1) is 20.1. The molecule has 2 aromatic carbocycles. The average molecular weight is 553 g/mol. The molecule has 1 saturated carbocycles. The highest BCUT2D eigenvalue weighted by molar-refractivity contribution is 6.16. The zero-order valence-corrected chi connectivity index (χ0v) is 23.7. The number of nitrogens with zero attached hydrogens (tertiary/aromatic N) is 5. The minimum Gasteiger partial charge on any atom is -0.381 e. The number of aryl methyl sites for hydroxylation is 1. The van der Waals surface area contributed by atoms with Crippen molar-refractivity contribution < 1.29 is 9.53 Å². The SMILES string of the molecule is CCCCc1c(Cc2ccc(-c3ccccc3)c(C3=NNC(=O)C3)c2)c(=O)n(C2CCC(OC)CC2)c2ncnn12. The van der Waals surface area contributed by atoms with Gasteiger partial charge in [-0.1, -0.05) is 55.8 Å². The van der Waals surface area contributed by atoms with Crippen molar-refractivity contribution >= 4 is 17.4 Å². The summed E-state index contributed by atoms with van der Waals surface area (Å²) in [5.41, 5.74) is 8.96. The Kier molecular flexibility index (Phi) is 7.78. The number of carbonyl (C=O) groups is 1. The van der Waals surface area contributed by atoms with Crippen LogP contribution < -0.4 is 11.0 Å². The lowest BCUT2D eigenvalue weighted by Crippen LogP contribution is -2.35. The van der Waals surface area contributed by atoms with Gasteiger partial charge in [0.05, 0.1) is 23.9 Å². The fraction of sp³-hybridized carbons (Fsp3) is 0.406. The highest BCUT2D eigenvalue weighted by Gasteiger charge is 2.28. The summed E-state index contributed by atoms with van der Waals surface area (Å²) in [5, 5.41) is 8.94. The number of hydrogen-bond acceptors (Lipinski definition) is 6. The van der Waals surface area contributed by atoms with Crippen LogP contribution in [0.2, 0.25) is 0 Å². The zero-order valence-electron chi connectivity index (χ0n) is 23.7. The van der Waals surface area contributed by atoms with Crippen molar-refractivity contribution in [3.05, 3.63) is 87.6 Å². The van der Waals surface area contributed by atoms with Crippen molar-refractivity contribution in [2.24, 2.45) is 5.10 Å². The Morgan fingerprint density at radius 2 is 1.83 bits per heavy atom. The maximum Gasteiger partial charge on any atom is 0.259 e. The van der Waals surface area contributed by atoms with Gasteiger partial charge >= 0.3 is 0 Å². The predicted molar refractivity (Wildman–Crippen MR) is 158 cm³/mol. The topological polar surface area (TPSA) is 103 Å². The Labute approximate surface area is 239 Å². The standard InChI is InChI=1S/C32H36N6O3/c1-3-4-10-29-27(31(40)37(32-33-20-34-38(29)32)23-12-14-24(41-2)15-13-23)18-21-11-16-25(22-8-6-5-7-9-22)26(17-21)28-19-30(39)36-35-28/h5-9,11,16-17,20,23-24H,3-4,10,12-15,18-19H2,1-2H3,(H,36,39). The quantitative estimate of drug-likeness (QED) is 0.320. The van der Waals surface area contributed by atoms with E-state index >= 15 is 0 Å². The number of unbranched alkanes of at least 4 members (excludes halogenated alkanes) is 1. The van der Waals surface area contributed by atoms with Crippen molar-refractivity contribution in [3.8, 4) is 11.1 Å². The van der Waals surface area contributed by atoms with Gasteiger partial charge in [0.15, 0.2) is 0 Å². The van der Waals surface area contributed by atoms with Gasteiger partial charge in [-0.3, -0.25) is 14.2 Å². The van der Waals surface area contributed by atoms with Crippen LogP contribution in [0.25, 0.3) is 16.9 Å². The number of methoxy groups -OCH3 is 1. The van der Waals surface area contributed by atoms with Crippen molar-refractivity contribution in [2.75, 3.05) is 7.11 Å². The van der Waals surface area contributed by atoms with Gasteiger partial charge in [-0.05, 0) is 61.3 Å². The monoisotopic (exact) mass is 552 g/mol. The van der Waals surface area contributed by atoms with Crippen LogP contribution in [0.5, 0.6) is 0 Å². The summed E-state index contributed by atoms with van der Waals surface area (Å²) in [5.74, 6) is 0.504. The first kappa shape index (κ1) is 27.1. The molecule has 2 aliphatic rings. The second kappa shape index (κ2) is 11.8. The molecule has 9 heteroatoms. The second-order valence-corrected chi connectivity index (χ2v) is 11.0. The smallest absolute Gasteiger partial charge is 0.259 e. The summed E-state index contributed by atoms with van der Waals surface area (Å²) in [4.78, 5) is 31.0. The first-order valence-corrected chi connectivity index (χ1v) is 14.6. The third-order valence-electron chi connectivity index (χ3n) is 8.44. The van der Waals surface area contributed by atoms with Crippen LogP contribution in [0.4, 0.5) is 0 Å². The van der Waals surface area contributed by atoms with E-state index in [4.69, 9.17) is 4.74 Å². The molecule has 0 bridgehead atoms. The maximum atomic E-state index is 14.4. The van der Waals surface area contributed by atoms with E-state index in [1.165, 1.54) is 0 Å². The molecule has 1 aliphatic heterocycles. The molecule has 41 heavy (non-hydrogen) atoms. The van der Waals surface area contributed by atoms with E-state index in [1.54, 1.807) is 13.4 Å². The third kappa shape index (κ3) is 5.34. The number of ether oxygens (including phenoxy) is 1. The normalized spacial score (nSPS) is 19.0. The first-order valence-electron chi connectivity index (χ1n) is 14.6. The lowest BCUT2D eigenvalue weighted by atomic mass is 9.91. The molecule has 9 nitrogen and oxygen atoms in total. The lowest BCUT2D eigenvalue weighted by molar-refractivity contribution is -0.119. The molecule has 0 radical (unpaired) electrons. The summed E-state index contributed by atoms with van der Waals surface area (Å²) in [6.07, 6.45) is 8.75. The molecular weight excluding hydrogens is 516 g/mol. The van der Waals surface area contributed by atoms with Crippen molar-refractivity contribution in [1.29, 1.82) is 0 Å². The van der Waals surface area contributed by atoms with Gasteiger partial charge in [0.2, 0.25) is 11.7 Å². The number of hydrazone groups is 1. The Morgan fingerprint density at radius 3 is 2.54 bits per heavy atom. The number of nitrogens with one attached hydrogen (secondary N) is 1. The van der Waals surface area contributed by atoms with Crippen LogP contribution in [0.3, 0.4) is 0 Å². The van der Waals surface area contributed by atoms with Crippen LogP contribution in [-0.2, 0) is 22.4 Å². The van der Waals surface area contributed by atoms with E-state index in [0.29, 0.717) is 17.9 Å². The van der Waals surface area contributed by atoms with E-state index in [2.05, 4.69) is 57.9 Å². The van der Waals surface area contributed by atoms with Gasteiger partial charge in [0.25, 0.3) is 5.56 Å². The summed E-state index contributed by atoms with van der Waals surface area (Å²) in [7, 11) is 1.76. The van der Waals surface area contributed by atoms with Crippen molar-refractivity contribution in [3.63, 3.8) is 0 Å². The fourth-order valence-corrected chi connectivity index (χ4v) is 6.25. The second-order valence-electron chi connectivity index (χ2n) is 11.0. The Balaban J connectivity index is 1.46. The molecule has 3 heterocycles. The third-order valence-corrected chi connectivity index (χ3v) is 8.44. The van der Waals surface area contributed by atoms with Crippen LogP contribution in [0, 0.1) is 0 Å². The van der Waals surface area contributed by atoms with Gasteiger partial charge in [0.1, 0.15) is 6.33 Å². The van der Waals surface area contributed by atoms with Gasteiger partial charge in [-0.15, -0.1) is 0 Å². The van der Waals surface area contributed by atoms with E-state index in [1.807, 2.05) is 27.3 Å².